The summed E-state index contributed by atoms with van der Waals surface area (Å²) in [7, 11) is 0. The third-order valence-corrected chi connectivity index (χ3v) is 4.64. The van der Waals surface area contributed by atoms with Gasteiger partial charge in [0.15, 0.2) is 0 Å². The summed E-state index contributed by atoms with van der Waals surface area (Å²) >= 11 is 0. The van der Waals surface area contributed by atoms with Gasteiger partial charge in [-0.3, -0.25) is 0 Å². The van der Waals surface area contributed by atoms with Crippen LogP contribution < -0.4 is 0 Å². The maximum atomic E-state index is 10.1. The number of allylic oxidation sites excluding steroid dienone is 1. The van der Waals surface area contributed by atoms with Gasteiger partial charge in [0.05, 0.1) is 6.10 Å². The van der Waals surface area contributed by atoms with Crippen LogP contribution in [0.25, 0.3) is 0 Å². The SMILES string of the molecule is CC1(C)CCC[C@]2(C)[C@H](O)C=CC[C@@H]12. The van der Waals surface area contributed by atoms with Gasteiger partial charge in [0, 0.05) is 5.41 Å². The Balaban J connectivity index is 2.34. The zero-order chi connectivity index (χ0) is 10.4. The van der Waals surface area contributed by atoms with Crippen LogP contribution in [0.5, 0.6) is 0 Å². The quantitative estimate of drug-likeness (QED) is 0.587. The topological polar surface area (TPSA) is 20.2 Å². The van der Waals surface area contributed by atoms with E-state index in [4.69, 9.17) is 0 Å². The van der Waals surface area contributed by atoms with E-state index in [1.54, 1.807) is 0 Å². The predicted octanol–water partition coefficient (Wildman–Crippen LogP) is 3.14. The van der Waals surface area contributed by atoms with E-state index in [1.165, 1.54) is 19.3 Å². The standard InChI is InChI=1S/C13H22O/c1-12(2)8-5-9-13(3)10(12)6-4-7-11(13)14/h4,7,10-11,14H,5-6,8-9H2,1-3H3/t10-,11+,13-/m0/s1. The zero-order valence-electron chi connectivity index (χ0n) is 9.59. The average molecular weight is 194 g/mol. The third kappa shape index (κ3) is 1.33. The Bertz CT molecular complexity index is 254. The molecule has 0 aliphatic heterocycles. The summed E-state index contributed by atoms with van der Waals surface area (Å²) in [5, 5.41) is 10.1. The van der Waals surface area contributed by atoms with Gasteiger partial charge < -0.3 is 5.11 Å². The van der Waals surface area contributed by atoms with Crippen molar-refractivity contribution in [2.75, 3.05) is 0 Å². The molecule has 0 unspecified atom stereocenters. The summed E-state index contributed by atoms with van der Waals surface area (Å²) in [5.74, 6) is 0.656. The largest absolute Gasteiger partial charge is 0.388 e. The van der Waals surface area contributed by atoms with Crippen LogP contribution in [-0.2, 0) is 0 Å². The van der Waals surface area contributed by atoms with Crippen molar-refractivity contribution in [1.82, 2.24) is 0 Å². The van der Waals surface area contributed by atoms with Crippen LogP contribution in [0.1, 0.15) is 46.5 Å². The molecule has 2 aliphatic carbocycles. The highest BCUT2D eigenvalue weighted by Crippen LogP contribution is 2.55. The first-order chi connectivity index (χ1) is 6.47. The summed E-state index contributed by atoms with van der Waals surface area (Å²) in [6.45, 7) is 6.99. The van der Waals surface area contributed by atoms with E-state index in [0.717, 1.165) is 6.42 Å². The van der Waals surface area contributed by atoms with Crippen LogP contribution in [0, 0.1) is 16.7 Å². The minimum absolute atomic E-state index is 0.135. The Morgan fingerprint density at radius 1 is 1.21 bits per heavy atom. The molecule has 3 atom stereocenters. The lowest BCUT2D eigenvalue weighted by atomic mass is 9.52. The molecular formula is C13H22O. The molecule has 0 heterocycles. The molecule has 0 aromatic heterocycles. The van der Waals surface area contributed by atoms with Gasteiger partial charge in [0.1, 0.15) is 0 Å². The Morgan fingerprint density at radius 3 is 2.57 bits per heavy atom. The fourth-order valence-electron chi connectivity index (χ4n) is 3.67. The minimum Gasteiger partial charge on any atom is -0.388 e. The molecule has 0 spiro atoms. The Kier molecular flexibility index (Phi) is 2.26. The van der Waals surface area contributed by atoms with Crippen molar-refractivity contribution in [3.05, 3.63) is 12.2 Å². The molecule has 1 saturated carbocycles. The molecule has 0 radical (unpaired) electrons. The zero-order valence-corrected chi connectivity index (χ0v) is 9.59. The number of aliphatic hydroxyl groups is 1. The van der Waals surface area contributed by atoms with E-state index in [2.05, 4.69) is 26.8 Å². The number of aliphatic hydroxyl groups excluding tert-OH is 1. The molecule has 0 amide bonds. The Labute approximate surface area is 87.2 Å². The van der Waals surface area contributed by atoms with Crippen molar-refractivity contribution in [2.24, 2.45) is 16.7 Å². The number of hydrogen-bond acceptors (Lipinski definition) is 1. The highest BCUT2D eigenvalue weighted by Gasteiger charge is 2.50. The normalized spacial score (nSPS) is 46.0. The fourth-order valence-corrected chi connectivity index (χ4v) is 3.67. The molecule has 0 saturated heterocycles. The minimum atomic E-state index is -0.221. The lowest BCUT2D eigenvalue weighted by molar-refractivity contribution is -0.0715. The van der Waals surface area contributed by atoms with Crippen molar-refractivity contribution < 1.29 is 5.11 Å². The second-order valence-corrected chi connectivity index (χ2v) is 6.01. The molecular weight excluding hydrogens is 172 g/mol. The molecule has 1 heteroatoms. The van der Waals surface area contributed by atoms with E-state index < -0.39 is 0 Å². The monoisotopic (exact) mass is 194 g/mol. The summed E-state index contributed by atoms with van der Waals surface area (Å²) in [6.07, 6.45) is 8.87. The van der Waals surface area contributed by atoms with Crippen molar-refractivity contribution in [3.8, 4) is 0 Å². The van der Waals surface area contributed by atoms with Gasteiger partial charge in [0.2, 0.25) is 0 Å². The van der Waals surface area contributed by atoms with Crippen LogP contribution in [0.4, 0.5) is 0 Å². The summed E-state index contributed by atoms with van der Waals surface area (Å²) in [5.41, 5.74) is 0.537. The van der Waals surface area contributed by atoms with Gasteiger partial charge in [-0.05, 0) is 30.6 Å². The van der Waals surface area contributed by atoms with Crippen LogP contribution >= 0.6 is 0 Å². The highest BCUT2D eigenvalue weighted by atomic mass is 16.3. The first kappa shape index (κ1) is 10.2. The third-order valence-electron chi connectivity index (χ3n) is 4.64. The molecule has 0 aromatic carbocycles. The van der Waals surface area contributed by atoms with Crippen molar-refractivity contribution in [3.63, 3.8) is 0 Å². The maximum Gasteiger partial charge on any atom is 0.0777 e. The van der Waals surface area contributed by atoms with E-state index >= 15 is 0 Å². The van der Waals surface area contributed by atoms with Crippen molar-refractivity contribution in [2.45, 2.75) is 52.6 Å². The maximum absolute atomic E-state index is 10.1. The molecule has 2 aliphatic rings. The lowest BCUT2D eigenvalue weighted by Crippen LogP contribution is -2.49. The highest BCUT2D eigenvalue weighted by molar-refractivity contribution is 5.11. The van der Waals surface area contributed by atoms with Crippen molar-refractivity contribution in [1.29, 1.82) is 0 Å². The summed E-state index contributed by atoms with van der Waals surface area (Å²) in [6, 6.07) is 0. The van der Waals surface area contributed by atoms with Crippen LogP contribution in [0.2, 0.25) is 0 Å². The molecule has 80 valence electrons. The van der Waals surface area contributed by atoms with E-state index in [1.807, 2.05) is 6.08 Å². The van der Waals surface area contributed by atoms with Gasteiger partial charge in [-0.15, -0.1) is 0 Å². The van der Waals surface area contributed by atoms with Crippen molar-refractivity contribution >= 4 is 0 Å². The lowest BCUT2D eigenvalue weighted by Gasteiger charge is -2.54. The van der Waals surface area contributed by atoms with E-state index in [0.29, 0.717) is 11.3 Å². The molecule has 2 rings (SSSR count). The molecule has 1 N–H and O–H groups in total. The number of rotatable bonds is 0. The second kappa shape index (κ2) is 3.10. The smallest absolute Gasteiger partial charge is 0.0777 e. The molecule has 14 heavy (non-hydrogen) atoms. The Morgan fingerprint density at radius 2 is 1.93 bits per heavy atom. The van der Waals surface area contributed by atoms with E-state index in [9.17, 15) is 5.11 Å². The van der Waals surface area contributed by atoms with E-state index in [-0.39, 0.29) is 11.5 Å². The van der Waals surface area contributed by atoms with Gasteiger partial charge in [-0.2, -0.15) is 0 Å². The van der Waals surface area contributed by atoms with Crippen LogP contribution in [0.15, 0.2) is 12.2 Å². The summed E-state index contributed by atoms with van der Waals surface area (Å²) < 4.78 is 0. The van der Waals surface area contributed by atoms with Gasteiger partial charge in [0.25, 0.3) is 0 Å². The van der Waals surface area contributed by atoms with Crippen LogP contribution in [-0.4, -0.2) is 11.2 Å². The fraction of sp³-hybridized carbons (Fsp3) is 0.846. The van der Waals surface area contributed by atoms with Gasteiger partial charge in [-0.1, -0.05) is 39.3 Å². The van der Waals surface area contributed by atoms with Crippen LogP contribution in [0.3, 0.4) is 0 Å². The number of hydrogen-bond donors (Lipinski definition) is 1. The molecule has 1 nitrogen and oxygen atoms in total. The van der Waals surface area contributed by atoms with Gasteiger partial charge >= 0.3 is 0 Å². The Hall–Kier alpha value is -0.300. The first-order valence-corrected chi connectivity index (χ1v) is 5.81. The molecule has 0 aromatic rings. The van der Waals surface area contributed by atoms with Gasteiger partial charge in [-0.25, -0.2) is 0 Å². The molecule has 1 fully saturated rings. The molecule has 0 bridgehead atoms. The predicted molar refractivity (Wildman–Crippen MR) is 59.0 cm³/mol. The summed E-state index contributed by atoms with van der Waals surface area (Å²) in [4.78, 5) is 0. The first-order valence-electron chi connectivity index (χ1n) is 5.81. The average Bonchev–Trinajstić information content (AvgIpc) is 2.08. The number of fused-ring (bicyclic) bond motifs is 1. The second-order valence-electron chi connectivity index (χ2n) is 6.01.